The minimum absolute atomic E-state index is 0.132. The average molecular weight is 341 g/mol. The van der Waals surface area contributed by atoms with Gasteiger partial charge in [0.2, 0.25) is 0 Å². The summed E-state index contributed by atoms with van der Waals surface area (Å²) in [5.41, 5.74) is 0.132. The van der Waals surface area contributed by atoms with Crippen molar-refractivity contribution in [2.45, 2.75) is 0 Å². The number of benzene rings is 1. The maximum atomic E-state index is 13.4. The van der Waals surface area contributed by atoms with Gasteiger partial charge >= 0.3 is 6.03 Å². The first-order valence-electron chi connectivity index (χ1n) is 7.58. The second kappa shape index (κ2) is 7.86. The zero-order chi connectivity index (χ0) is 17.5. The molecular weight excluding hydrogens is 325 g/mol. The predicted molar refractivity (Wildman–Crippen MR) is 91.1 cm³/mol. The Balaban J connectivity index is 1.45. The van der Waals surface area contributed by atoms with Crippen molar-refractivity contribution in [2.24, 2.45) is 0 Å². The molecule has 3 rings (SSSR count). The zero-order valence-corrected chi connectivity index (χ0v) is 13.2. The van der Waals surface area contributed by atoms with Crippen molar-refractivity contribution in [3.8, 4) is 5.82 Å². The molecule has 128 valence electrons. The Bertz CT molecular complexity index is 838. The van der Waals surface area contributed by atoms with Crippen molar-refractivity contribution >= 4 is 17.5 Å². The third-order valence-electron chi connectivity index (χ3n) is 3.23. The summed E-state index contributed by atoms with van der Waals surface area (Å²) in [6.45, 7) is 0.779. The molecule has 0 aliphatic heterocycles. The summed E-state index contributed by atoms with van der Waals surface area (Å²) in [5.74, 6) is 0.757. The van der Waals surface area contributed by atoms with Crippen LogP contribution in [-0.4, -0.2) is 38.9 Å². The second-order valence-electron chi connectivity index (χ2n) is 5.00. The van der Waals surface area contributed by atoms with E-state index in [9.17, 15) is 9.18 Å². The molecule has 0 radical (unpaired) electrons. The van der Waals surface area contributed by atoms with Gasteiger partial charge in [-0.1, -0.05) is 12.1 Å². The van der Waals surface area contributed by atoms with Crippen molar-refractivity contribution in [1.29, 1.82) is 0 Å². The molecule has 9 heteroatoms. The van der Waals surface area contributed by atoms with Crippen LogP contribution in [0, 0.1) is 5.82 Å². The van der Waals surface area contributed by atoms with Gasteiger partial charge in [-0.3, -0.25) is 0 Å². The number of nitrogens with one attached hydrogen (secondary N) is 3. The van der Waals surface area contributed by atoms with Gasteiger partial charge in [-0.15, -0.1) is 0 Å². The van der Waals surface area contributed by atoms with Crippen molar-refractivity contribution < 1.29 is 9.18 Å². The fraction of sp³-hybridized carbons (Fsp3) is 0.125. The summed E-state index contributed by atoms with van der Waals surface area (Å²) in [4.78, 5) is 20.0. The lowest BCUT2D eigenvalue weighted by Crippen LogP contribution is -2.33. The zero-order valence-electron chi connectivity index (χ0n) is 13.2. The fourth-order valence-corrected chi connectivity index (χ4v) is 2.07. The first-order valence-corrected chi connectivity index (χ1v) is 7.58. The number of carbonyl (C=O) groups excluding carboxylic acids is 1. The van der Waals surface area contributed by atoms with E-state index < -0.39 is 11.8 Å². The largest absolute Gasteiger partial charge is 0.368 e. The number of halogens is 1. The van der Waals surface area contributed by atoms with Crippen molar-refractivity contribution in [3.63, 3.8) is 0 Å². The van der Waals surface area contributed by atoms with E-state index in [-0.39, 0.29) is 5.69 Å². The van der Waals surface area contributed by atoms with Crippen LogP contribution in [0.15, 0.2) is 55.1 Å². The van der Waals surface area contributed by atoms with E-state index in [1.807, 2.05) is 0 Å². The van der Waals surface area contributed by atoms with Gasteiger partial charge in [0.05, 0.1) is 5.69 Å². The number of aromatic nitrogens is 4. The number of para-hydroxylation sites is 1. The smallest absolute Gasteiger partial charge is 0.319 e. The molecule has 0 saturated carbocycles. The van der Waals surface area contributed by atoms with Crippen LogP contribution in [0.4, 0.5) is 20.7 Å². The Morgan fingerprint density at radius 2 is 2.04 bits per heavy atom. The van der Waals surface area contributed by atoms with Crippen molar-refractivity contribution in [3.05, 3.63) is 60.9 Å². The van der Waals surface area contributed by atoms with Gasteiger partial charge in [0.15, 0.2) is 5.82 Å². The highest BCUT2D eigenvalue weighted by Gasteiger charge is 2.05. The van der Waals surface area contributed by atoms with Crippen molar-refractivity contribution in [2.75, 3.05) is 23.7 Å². The Morgan fingerprint density at radius 1 is 1.16 bits per heavy atom. The lowest BCUT2D eigenvalue weighted by molar-refractivity contribution is 0.252. The average Bonchev–Trinajstić information content (AvgIpc) is 3.16. The van der Waals surface area contributed by atoms with E-state index >= 15 is 0 Å². The minimum Gasteiger partial charge on any atom is -0.368 e. The number of anilines is 2. The maximum absolute atomic E-state index is 13.4. The molecule has 8 nitrogen and oxygen atoms in total. The van der Waals surface area contributed by atoms with Gasteiger partial charge in [-0.05, 0) is 18.2 Å². The summed E-state index contributed by atoms with van der Waals surface area (Å²) in [7, 11) is 0. The van der Waals surface area contributed by atoms with Crippen LogP contribution in [0.25, 0.3) is 5.82 Å². The first kappa shape index (κ1) is 16.4. The Labute approximate surface area is 143 Å². The van der Waals surface area contributed by atoms with Gasteiger partial charge in [0.1, 0.15) is 18.0 Å². The predicted octanol–water partition coefficient (Wildman–Crippen LogP) is 2.03. The van der Waals surface area contributed by atoms with Crippen LogP contribution in [0.5, 0.6) is 0 Å². The highest BCUT2D eigenvalue weighted by molar-refractivity contribution is 5.89. The molecule has 0 atom stereocenters. The monoisotopic (exact) mass is 341 g/mol. The molecule has 1 aromatic carbocycles. The first-order chi connectivity index (χ1) is 12.2. The van der Waals surface area contributed by atoms with Crippen molar-refractivity contribution in [1.82, 2.24) is 25.1 Å². The lowest BCUT2D eigenvalue weighted by atomic mass is 10.3. The highest BCUT2D eigenvalue weighted by Crippen LogP contribution is 2.11. The quantitative estimate of drug-likeness (QED) is 0.596. The van der Waals surface area contributed by atoms with E-state index in [0.717, 1.165) is 0 Å². The molecule has 2 heterocycles. The molecule has 2 amide bonds. The molecular formula is C16H16FN7O. The van der Waals surface area contributed by atoms with Crippen LogP contribution >= 0.6 is 0 Å². The molecule has 0 fully saturated rings. The van der Waals surface area contributed by atoms with E-state index in [0.29, 0.717) is 24.7 Å². The Morgan fingerprint density at radius 3 is 2.84 bits per heavy atom. The van der Waals surface area contributed by atoms with Crippen LogP contribution in [0.3, 0.4) is 0 Å². The molecule has 25 heavy (non-hydrogen) atoms. The number of nitrogens with zero attached hydrogens (tertiary/aromatic N) is 4. The Hall–Kier alpha value is -3.49. The Kier molecular flexibility index (Phi) is 5.15. The third kappa shape index (κ3) is 4.50. The topological polar surface area (TPSA) is 96.8 Å². The maximum Gasteiger partial charge on any atom is 0.319 e. The van der Waals surface area contributed by atoms with Gasteiger partial charge in [0, 0.05) is 31.5 Å². The molecule has 0 unspecified atom stereocenters. The summed E-state index contributed by atoms with van der Waals surface area (Å²) < 4.78 is 15.1. The number of carbonyl (C=O) groups is 1. The summed E-state index contributed by atoms with van der Waals surface area (Å²) in [6, 6.07) is 9.04. The summed E-state index contributed by atoms with van der Waals surface area (Å²) >= 11 is 0. The van der Waals surface area contributed by atoms with Crippen LogP contribution < -0.4 is 16.0 Å². The fourth-order valence-electron chi connectivity index (χ4n) is 2.07. The highest BCUT2D eigenvalue weighted by atomic mass is 19.1. The van der Waals surface area contributed by atoms with Gasteiger partial charge in [-0.2, -0.15) is 5.10 Å². The molecule has 0 aliphatic rings. The number of urea groups is 1. The number of hydrogen-bond acceptors (Lipinski definition) is 5. The standard InChI is InChI=1S/C16H16FN7O/c17-12-4-1-2-5-13(12)23-16(25)19-8-7-18-14-10-15(21-11-20-14)24-9-3-6-22-24/h1-6,9-11H,7-8H2,(H,18,20,21)(H2,19,23,25). The van der Waals surface area contributed by atoms with Gasteiger partial charge < -0.3 is 16.0 Å². The summed E-state index contributed by atoms with van der Waals surface area (Å²) in [5, 5.41) is 12.2. The number of rotatable bonds is 6. The van der Waals surface area contributed by atoms with Crippen LogP contribution in [0.1, 0.15) is 0 Å². The normalized spacial score (nSPS) is 10.3. The molecule has 3 aromatic rings. The molecule has 0 bridgehead atoms. The number of hydrogen-bond donors (Lipinski definition) is 3. The molecule has 2 aromatic heterocycles. The molecule has 3 N–H and O–H groups in total. The van der Waals surface area contributed by atoms with E-state index in [1.54, 1.807) is 41.3 Å². The van der Waals surface area contributed by atoms with E-state index in [2.05, 4.69) is 31.0 Å². The SMILES string of the molecule is O=C(NCCNc1cc(-n2cccn2)ncn1)Nc1ccccc1F. The second-order valence-corrected chi connectivity index (χ2v) is 5.00. The van der Waals surface area contributed by atoms with E-state index in [4.69, 9.17) is 0 Å². The third-order valence-corrected chi connectivity index (χ3v) is 3.23. The van der Waals surface area contributed by atoms with Crippen LogP contribution in [0.2, 0.25) is 0 Å². The lowest BCUT2D eigenvalue weighted by Gasteiger charge is -2.10. The van der Waals surface area contributed by atoms with Crippen LogP contribution in [-0.2, 0) is 0 Å². The summed E-state index contributed by atoms with van der Waals surface area (Å²) in [6.07, 6.45) is 4.87. The number of amides is 2. The van der Waals surface area contributed by atoms with Gasteiger partial charge in [-0.25, -0.2) is 23.8 Å². The van der Waals surface area contributed by atoms with Gasteiger partial charge in [0.25, 0.3) is 0 Å². The van der Waals surface area contributed by atoms with E-state index in [1.165, 1.54) is 18.5 Å². The molecule has 0 saturated heterocycles. The minimum atomic E-state index is -0.483. The molecule has 0 spiro atoms. The molecule has 0 aliphatic carbocycles.